The summed E-state index contributed by atoms with van der Waals surface area (Å²) < 4.78 is 2.56. The Hall–Kier alpha value is -3.55. The van der Waals surface area contributed by atoms with Crippen LogP contribution in [0, 0.1) is 13.8 Å². The summed E-state index contributed by atoms with van der Waals surface area (Å²) in [4.78, 5) is 22.7. The number of nitrogens with zero attached hydrogens (tertiary/aromatic N) is 3. The summed E-state index contributed by atoms with van der Waals surface area (Å²) in [5, 5.41) is 17.4. The van der Waals surface area contributed by atoms with E-state index >= 15 is 0 Å². The predicted octanol–water partition coefficient (Wildman–Crippen LogP) is 6.96. The second-order valence-corrected chi connectivity index (χ2v) is 10.7. The largest absolute Gasteiger partial charge is 3.00 e. The van der Waals surface area contributed by atoms with E-state index in [0.29, 0.717) is 0 Å². The zero-order valence-corrected chi connectivity index (χ0v) is 24.6. The summed E-state index contributed by atoms with van der Waals surface area (Å²) >= 11 is 3.51. The first-order chi connectivity index (χ1) is 18.0. The molecule has 0 atom stereocenters. The van der Waals surface area contributed by atoms with Crippen LogP contribution in [0.5, 0.6) is 0 Å². The maximum Gasteiger partial charge on any atom is 3.00 e. The van der Waals surface area contributed by atoms with Gasteiger partial charge in [-0.1, -0.05) is 66.7 Å². The molecule has 188 valence electrons. The number of aromatic nitrogens is 3. The van der Waals surface area contributed by atoms with E-state index in [0.717, 1.165) is 21.0 Å². The number of pyridine rings is 1. The molecular formula is C30H22IrN3O2S2+2. The van der Waals surface area contributed by atoms with Crippen LogP contribution in [-0.2, 0) is 20.1 Å². The van der Waals surface area contributed by atoms with E-state index < -0.39 is 5.97 Å². The van der Waals surface area contributed by atoms with Crippen LogP contribution in [0.3, 0.4) is 0 Å². The smallest absolute Gasteiger partial charge is 0.543 e. The van der Waals surface area contributed by atoms with Gasteiger partial charge in [0.1, 0.15) is 0 Å². The van der Waals surface area contributed by atoms with Gasteiger partial charge in [0.25, 0.3) is 0 Å². The normalized spacial score (nSPS) is 10.4. The molecule has 0 aliphatic heterocycles. The van der Waals surface area contributed by atoms with E-state index in [1.165, 1.54) is 43.2 Å². The first-order valence-electron chi connectivity index (χ1n) is 11.6. The Balaban J connectivity index is 0.000000135. The minimum Gasteiger partial charge on any atom is -0.543 e. The molecule has 0 radical (unpaired) electrons. The molecule has 8 heteroatoms. The van der Waals surface area contributed by atoms with Crippen LogP contribution in [-0.4, -0.2) is 20.9 Å². The number of hydrogen-bond donors (Lipinski definition) is 0. The topological polar surface area (TPSA) is 78.8 Å². The molecule has 3 heterocycles. The van der Waals surface area contributed by atoms with Gasteiger partial charge in [0.2, 0.25) is 0 Å². The van der Waals surface area contributed by atoms with E-state index in [-0.39, 0.29) is 25.8 Å². The summed E-state index contributed by atoms with van der Waals surface area (Å²) in [5.74, 6) is -1.24. The van der Waals surface area contributed by atoms with Gasteiger partial charge in [-0.15, -0.1) is 22.7 Å². The molecule has 0 fully saturated rings. The third-order valence-electron chi connectivity index (χ3n) is 5.65. The zero-order chi connectivity index (χ0) is 25.8. The molecule has 0 saturated carbocycles. The van der Waals surface area contributed by atoms with Gasteiger partial charge >= 0.3 is 20.1 Å². The average molecular weight is 713 g/mol. The van der Waals surface area contributed by atoms with Crippen molar-refractivity contribution < 1.29 is 30.0 Å². The third kappa shape index (κ3) is 6.11. The Labute approximate surface area is 241 Å². The van der Waals surface area contributed by atoms with Gasteiger partial charge in [-0.2, -0.15) is 0 Å². The molecule has 7 aromatic rings. The predicted molar refractivity (Wildman–Crippen MR) is 152 cm³/mol. The number of aryl methyl sites for hydroxylation is 2. The first kappa shape index (κ1) is 27.5. The third-order valence-corrected chi connectivity index (χ3v) is 7.53. The maximum absolute atomic E-state index is 10.0. The molecule has 0 unspecified atom stereocenters. The number of carboxylic acids is 1. The van der Waals surface area contributed by atoms with Crippen LogP contribution in [0.25, 0.3) is 42.0 Å². The fraction of sp³-hybridized carbons (Fsp3) is 0.0667. The van der Waals surface area contributed by atoms with Crippen molar-refractivity contribution in [3.63, 3.8) is 0 Å². The molecule has 5 nitrogen and oxygen atoms in total. The summed E-state index contributed by atoms with van der Waals surface area (Å²) in [6.45, 7) is 4.11. The number of carbonyl (C=O) groups is 1. The minimum atomic E-state index is -1.24. The fourth-order valence-corrected chi connectivity index (χ4v) is 5.72. The summed E-state index contributed by atoms with van der Waals surface area (Å²) in [6, 6.07) is 30.0. The van der Waals surface area contributed by atoms with Crippen LogP contribution in [0.2, 0.25) is 0 Å². The molecule has 7 rings (SSSR count). The van der Waals surface area contributed by atoms with Gasteiger partial charge in [0.15, 0.2) is 0 Å². The van der Waals surface area contributed by atoms with Crippen LogP contribution in [0.15, 0.2) is 97.2 Å². The van der Waals surface area contributed by atoms with Crippen molar-refractivity contribution in [2.45, 2.75) is 13.8 Å². The molecule has 0 aliphatic carbocycles. The zero-order valence-electron chi connectivity index (χ0n) is 20.5. The molecule has 0 N–H and O–H groups in total. The number of carbonyl (C=O) groups excluding carboxylic acids is 1. The Bertz CT molecular complexity index is 1740. The maximum atomic E-state index is 10.0. The van der Waals surface area contributed by atoms with Crippen LogP contribution in [0.1, 0.15) is 20.5 Å². The number of aromatic carboxylic acids is 1. The molecule has 0 bridgehead atoms. The van der Waals surface area contributed by atoms with Gasteiger partial charge < -0.3 is 9.90 Å². The number of benzene rings is 4. The van der Waals surface area contributed by atoms with E-state index in [4.69, 9.17) is 0 Å². The van der Waals surface area contributed by atoms with Gasteiger partial charge in [0, 0.05) is 17.0 Å². The molecule has 0 amide bonds. The Morgan fingerprint density at radius 1 is 0.658 bits per heavy atom. The van der Waals surface area contributed by atoms with E-state index in [2.05, 4.69) is 102 Å². The number of fused-ring (bicyclic) bond motifs is 6. The van der Waals surface area contributed by atoms with Crippen LogP contribution >= 0.6 is 22.7 Å². The summed E-state index contributed by atoms with van der Waals surface area (Å²) in [6.07, 6.45) is 1.41. The summed E-state index contributed by atoms with van der Waals surface area (Å²) in [5.41, 5.74) is 2.26. The van der Waals surface area contributed by atoms with Crippen molar-refractivity contribution in [1.82, 2.24) is 15.0 Å². The van der Waals surface area contributed by atoms with E-state index in [1.807, 2.05) is 0 Å². The average Bonchev–Trinajstić information content (AvgIpc) is 3.51. The molecule has 4 aromatic carbocycles. The molecule has 3 aromatic heterocycles. The first-order valence-corrected chi connectivity index (χ1v) is 13.2. The Morgan fingerprint density at radius 3 is 1.55 bits per heavy atom. The van der Waals surface area contributed by atoms with Crippen molar-refractivity contribution in [1.29, 1.82) is 0 Å². The second kappa shape index (κ2) is 12.3. The van der Waals surface area contributed by atoms with Crippen molar-refractivity contribution >= 4 is 70.6 Å². The Kier molecular flexibility index (Phi) is 8.92. The number of rotatable bonds is 1. The van der Waals surface area contributed by atoms with Gasteiger partial charge in [-0.25, -0.2) is 9.97 Å². The molecule has 38 heavy (non-hydrogen) atoms. The van der Waals surface area contributed by atoms with E-state index in [1.54, 1.807) is 34.8 Å². The van der Waals surface area contributed by atoms with Crippen molar-refractivity contribution in [2.24, 2.45) is 0 Å². The number of thiazole rings is 2. The monoisotopic (exact) mass is 713 g/mol. The minimum absolute atomic E-state index is 0. The molecule has 0 spiro atoms. The van der Waals surface area contributed by atoms with Gasteiger partial charge in [-0.3, -0.25) is 4.98 Å². The molecule has 0 aliphatic rings. The summed E-state index contributed by atoms with van der Waals surface area (Å²) in [7, 11) is 0. The van der Waals surface area contributed by atoms with Crippen LogP contribution < -0.4 is 5.11 Å². The quantitative estimate of drug-likeness (QED) is 0.184. The fourth-order valence-electron chi connectivity index (χ4n) is 4.03. The molecule has 0 saturated heterocycles. The number of carboxylic acid groups (broad SMARTS) is 1. The molecular weight excluding hydrogens is 691 g/mol. The van der Waals surface area contributed by atoms with Gasteiger partial charge in [0.05, 0.1) is 42.1 Å². The van der Waals surface area contributed by atoms with Gasteiger partial charge in [-0.05, 0) is 48.9 Å². The van der Waals surface area contributed by atoms with Crippen molar-refractivity contribution in [3.05, 3.63) is 113 Å². The standard InChI is InChI=1S/2C12H9NS.C6H5NO2.Ir/c2*1-8-13-12-10-5-3-2-4-9(10)6-7-11(12)14-8;8-6(9)5-3-1-2-4-7-5;/h2*2-7H,1H3;1-4H,(H,8,9);/q;;;+3/p-1. The second-order valence-electron chi connectivity index (χ2n) is 8.24. The number of hydrogen-bond acceptors (Lipinski definition) is 7. The van der Waals surface area contributed by atoms with E-state index in [9.17, 15) is 9.90 Å². The Morgan fingerprint density at radius 2 is 1.13 bits per heavy atom. The van der Waals surface area contributed by atoms with Crippen LogP contribution in [0.4, 0.5) is 0 Å². The SMILES string of the molecule is Cc1nc2c(ccc3ccccc32)s1.Cc1nc2c(ccc3ccccc32)s1.O=C([O-])c1ccccn1.[Ir+3]. The van der Waals surface area contributed by atoms with Crippen molar-refractivity contribution in [3.8, 4) is 0 Å². The van der Waals surface area contributed by atoms with Crippen molar-refractivity contribution in [2.75, 3.05) is 0 Å².